The number of allylic oxidation sites excluding steroid dienone is 4. The summed E-state index contributed by atoms with van der Waals surface area (Å²) in [5.41, 5.74) is 1.07. The maximum atomic E-state index is 12.0. The normalized spacial score (nSPS) is 16.9. The van der Waals surface area contributed by atoms with Gasteiger partial charge in [0.1, 0.15) is 10.5 Å². The Morgan fingerprint density at radius 3 is 1.88 bits per heavy atom. The van der Waals surface area contributed by atoms with Crippen molar-refractivity contribution in [1.82, 2.24) is 5.06 Å². The Hall–Kier alpha value is -2.02. The lowest BCUT2D eigenvalue weighted by molar-refractivity contribution is -0.408. The monoisotopic (exact) mass is 370 g/mol. The second-order valence-corrected chi connectivity index (χ2v) is 5.26. The third-order valence-electron chi connectivity index (χ3n) is 3.88. The van der Waals surface area contributed by atoms with Crippen molar-refractivity contribution in [2.24, 2.45) is 0 Å². The van der Waals surface area contributed by atoms with Gasteiger partial charge in [-0.1, -0.05) is 0 Å². The van der Waals surface area contributed by atoms with E-state index in [0.29, 0.717) is 33.3 Å². The molecule has 0 atom stereocenters. The van der Waals surface area contributed by atoms with Crippen LogP contribution in [-0.4, -0.2) is 9.82 Å². The summed E-state index contributed by atoms with van der Waals surface area (Å²) in [4.78, 5) is 12.0. The first-order valence-corrected chi connectivity index (χ1v) is 6.90. The Morgan fingerprint density at radius 2 is 1.46 bits per heavy atom. The summed E-state index contributed by atoms with van der Waals surface area (Å²) in [5.74, 6) is 1.65. The fourth-order valence-electron chi connectivity index (χ4n) is 2.22. The van der Waals surface area contributed by atoms with Gasteiger partial charge in [0.05, 0.1) is 5.22 Å². The molecule has 2 aliphatic heterocycles. The molecule has 0 spiro atoms. The van der Waals surface area contributed by atoms with Gasteiger partial charge in [-0.15, -0.1) is 0 Å². The first-order chi connectivity index (χ1) is 10.4. The van der Waals surface area contributed by atoms with Gasteiger partial charge >= 0.3 is 5.88 Å². The molecule has 0 aliphatic carbocycles. The van der Waals surface area contributed by atoms with Crippen LogP contribution < -0.4 is 35.3 Å². The average Bonchev–Trinajstić information content (AvgIpc) is 2.92. The van der Waals surface area contributed by atoms with Gasteiger partial charge in [0.15, 0.2) is 11.6 Å². The van der Waals surface area contributed by atoms with Gasteiger partial charge < -0.3 is 44.6 Å². The lowest BCUT2D eigenvalue weighted by atomic mass is 10.2. The van der Waals surface area contributed by atoms with Crippen LogP contribution in [0.4, 0.5) is 0 Å². The lowest BCUT2D eigenvalue weighted by Crippen LogP contribution is -3.00. The quantitative estimate of drug-likeness (QED) is 0.435. The molecule has 0 saturated heterocycles. The number of nitroso groups, excluding NO2 is 1. The lowest BCUT2D eigenvalue weighted by Gasteiger charge is -2.24. The van der Waals surface area contributed by atoms with E-state index in [4.69, 9.17) is 9.47 Å². The summed E-state index contributed by atoms with van der Waals surface area (Å²) < 4.78 is 11.7. The first-order valence-electron chi connectivity index (χ1n) is 6.90. The SMILES string of the molecule is CC1=C(C)N([O-])C(=c2ccc(=C3OC(C)=C(C)[N+]3=O)cc2)O1.[Cl-].[Cl-]. The summed E-state index contributed by atoms with van der Waals surface area (Å²) in [6.45, 7) is 6.91. The maximum absolute atomic E-state index is 12.0. The van der Waals surface area contributed by atoms with E-state index >= 15 is 0 Å². The van der Waals surface area contributed by atoms with Gasteiger partial charge in [0.2, 0.25) is 0 Å². The van der Waals surface area contributed by atoms with Gasteiger partial charge in [-0.25, -0.2) is 0 Å². The largest absolute Gasteiger partial charge is 1.00 e. The first kappa shape index (κ1) is 20.0. The summed E-state index contributed by atoms with van der Waals surface area (Å²) in [5, 5.41) is 14.1. The smallest absolute Gasteiger partial charge is 0.435 e. The van der Waals surface area contributed by atoms with E-state index in [2.05, 4.69) is 0 Å². The van der Waals surface area contributed by atoms with Gasteiger partial charge in [0.25, 0.3) is 5.70 Å². The van der Waals surface area contributed by atoms with Gasteiger partial charge in [-0.05, 0) is 38.1 Å². The molecule has 24 heavy (non-hydrogen) atoms. The molecule has 3 rings (SSSR count). The third kappa shape index (κ3) is 3.13. The van der Waals surface area contributed by atoms with Crippen molar-refractivity contribution in [2.45, 2.75) is 27.7 Å². The van der Waals surface area contributed by atoms with E-state index in [9.17, 15) is 10.1 Å². The highest BCUT2D eigenvalue weighted by Crippen LogP contribution is 2.26. The Balaban J connectivity index is 0.00000144. The van der Waals surface area contributed by atoms with Gasteiger partial charge in [-0.2, -0.15) is 0 Å². The molecule has 0 N–H and O–H groups in total. The number of hydrogen-bond donors (Lipinski definition) is 0. The fraction of sp³-hybridized carbons (Fsp3) is 0.250. The van der Waals surface area contributed by atoms with Crippen LogP contribution in [0.5, 0.6) is 0 Å². The van der Waals surface area contributed by atoms with Crippen LogP contribution >= 0.6 is 0 Å². The van der Waals surface area contributed by atoms with Crippen molar-refractivity contribution in [3.05, 3.63) is 67.7 Å². The standard InChI is InChI=1S/C16H16N2O4.2ClH/c1-9-11(3)21-15(17(9)19)13-5-7-14(8-6-13)16-18(20)10(2)12(4)22-16;;/h5-8H,1-4H3;2*1H/p-2. The van der Waals surface area contributed by atoms with Crippen molar-refractivity contribution in [3.63, 3.8) is 0 Å². The zero-order valence-corrected chi connectivity index (χ0v) is 15.1. The molecule has 1 aromatic carbocycles. The topological polar surface area (TPSA) is 64.8 Å². The predicted molar refractivity (Wildman–Crippen MR) is 80.3 cm³/mol. The molecule has 0 saturated carbocycles. The van der Waals surface area contributed by atoms with Gasteiger partial charge in [-0.3, -0.25) is 0 Å². The Bertz CT molecular complexity index is 851. The Labute approximate surface area is 151 Å². The van der Waals surface area contributed by atoms with Crippen molar-refractivity contribution < 1.29 is 39.0 Å². The molecule has 0 fully saturated rings. The number of hydrogen-bond acceptors (Lipinski definition) is 5. The number of nitrogens with zero attached hydrogens (tertiary/aromatic N) is 2. The number of halogens is 2. The summed E-state index contributed by atoms with van der Waals surface area (Å²) in [7, 11) is 0. The van der Waals surface area contributed by atoms with Crippen LogP contribution in [0.3, 0.4) is 0 Å². The van der Waals surface area contributed by atoms with Crippen LogP contribution in [-0.2, 0) is 9.47 Å². The molecular weight excluding hydrogens is 355 g/mol. The van der Waals surface area contributed by atoms with E-state index in [1.807, 2.05) is 0 Å². The second kappa shape index (κ2) is 7.25. The van der Waals surface area contributed by atoms with Gasteiger partial charge in [0, 0.05) is 29.7 Å². The molecule has 130 valence electrons. The summed E-state index contributed by atoms with van der Waals surface area (Å²) >= 11 is 0. The Kier molecular flexibility index (Phi) is 6.05. The van der Waals surface area contributed by atoms with Crippen molar-refractivity contribution >= 4 is 11.8 Å². The molecule has 2 aliphatic rings. The number of hydroxylamine groups is 2. The fourth-order valence-corrected chi connectivity index (χ4v) is 2.22. The average molecular weight is 371 g/mol. The second-order valence-electron chi connectivity index (χ2n) is 5.26. The number of benzene rings is 1. The predicted octanol–water partition coefficient (Wildman–Crippen LogP) is -4.03. The number of ether oxygens (including phenoxy) is 2. The van der Waals surface area contributed by atoms with Crippen LogP contribution in [0.2, 0.25) is 0 Å². The molecule has 0 unspecified atom stereocenters. The van der Waals surface area contributed by atoms with E-state index in [1.165, 1.54) is 0 Å². The van der Waals surface area contributed by atoms with Crippen LogP contribution in [0.25, 0.3) is 11.8 Å². The molecule has 2 heterocycles. The highest BCUT2D eigenvalue weighted by molar-refractivity contribution is 5.46. The minimum Gasteiger partial charge on any atom is -1.00 e. The zero-order chi connectivity index (χ0) is 16.0. The van der Waals surface area contributed by atoms with Crippen molar-refractivity contribution in [2.75, 3.05) is 0 Å². The molecule has 0 aromatic heterocycles. The molecular formula is C16H16Cl2N2O4-2. The highest BCUT2D eigenvalue weighted by Gasteiger charge is 2.34. The molecule has 0 bridgehead atoms. The van der Waals surface area contributed by atoms with Crippen LogP contribution in [0, 0.1) is 10.1 Å². The molecule has 6 nitrogen and oxygen atoms in total. The van der Waals surface area contributed by atoms with E-state index in [-0.39, 0.29) is 36.6 Å². The molecule has 0 amide bonds. The summed E-state index contributed by atoms with van der Waals surface area (Å²) in [6, 6.07) is 6.92. The minimum absolute atomic E-state index is 0. The third-order valence-corrected chi connectivity index (χ3v) is 3.88. The minimum atomic E-state index is 0. The highest BCUT2D eigenvalue weighted by atomic mass is 35.5. The molecule has 0 radical (unpaired) electrons. The molecule has 1 aromatic rings. The van der Waals surface area contributed by atoms with E-state index < -0.39 is 0 Å². The maximum Gasteiger partial charge on any atom is 0.435 e. The number of rotatable bonds is 0. The Morgan fingerprint density at radius 1 is 0.917 bits per heavy atom. The van der Waals surface area contributed by atoms with Crippen LogP contribution in [0.15, 0.2) is 47.2 Å². The van der Waals surface area contributed by atoms with Crippen molar-refractivity contribution in [1.29, 1.82) is 0 Å². The molecule has 8 heteroatoms. The van der Waals surface area contributed by atoms with E-state index in [0.717, 1.165) is 9.82 Å². The summed E-state index contributed by atoms with van der Waals surface area (Å²) in [6.07, 6.45) is 0. The van der Waals surface area contributed by atoms with Crippen LogP contribution in [0.1, 0.15) is 27.7 Å². The zero-order valence-electron chi connectivity index (χ0n) is 13.6. The van der Waals surface area contributed by atoms with Crippen molar-refractivity contribution in [3.8, 4) is 0 Å². The van der Waals surface area contributed by atoms with E-state index in [1.54, 1.807) is 52.0 Å².